The van der Waals surface area contributed by atoms with Crippen LogP contribution >= 0.6 is 0 Å². The second-order valence-corrected chi connectivity index (χ2v) is 31.4. The number of allylic oxidation sites excluding steroid dienone is 4. The van der Waals surface area contributed by atoms with Gasteiger partial charge >= 0.3 is 0 Å². The lowest BCUT2D eigenvalue weighted by molar-refractivity contribution is 0.466. The Balaban J connectivity index is -0.000000162. The second kappa shape index (κ2) is 58.7. The Morgan fingerprint density at radius 2 is 0.602 bits per heavy atom. The Hall–Kier alpha value is -6.54. The van der Waals surface area contributed by atoms with Gasteiger partial charge in [-0.3, -0.25) is 19.9 Å². The van der Waals surface area contributed by atoms with Crippen LogP contribution in [0.4, 0.5) is 0 Å². The van der Waals surface area contributed by atoms with E-state index in [9.17, 15) is 0 Å². The number of aromatic nitrogens is 8. The molecular formula is C95H168N8. The summed E-state index contributed by atoms with van der Waals surface area (Å²) in [4.78, 5) is 33.1. The maximum atomic E-state index is 4.35. The van der Waals surface area contributed by atoms with E-state index in [-0.39, 0.29) is 37.9 Å². The van der Waals surface area contributed by atoms with Crippen LogP contribution in [0, 0.1) is 59.8 Å². The first-order valence-electron chi connectivity index (χ1n) is 39.3. The van der Waals surface area contributed by atoms with Crippen molar-refractivity contribution in [3.63, 3.8) is 0 Å². The predicted molar refractivity (Wildman–Crippen MR) is 468 cm³/mol. The van der Waals surface area contributed by atoms with Crippen molar-refractivity contribution in [3.8, 4) is 0 Å². The highest BCUT2D eigenvalue weighted by molar-refractivity contribution is 5.33. The fourth-order valence-corrected chi connectivity index (χ4v) is 10.4. The maximum Gasteiger partial charge on any atom is 0.115 e. The predicted octanol–water partition coefficient (Wildman–Crippen LogP) is 29.6. The van der Waals surface area contributed by atoms with Gasteiger partial charge < -0.3 is 0 Å². The normalized spacial score (nSPS) is 11.6. The molecule has 0 bridgehead atoms. The fourth-order valence-electron chi connectivity index (χ4n) is 10.4. The van der Waals surface area contributed by atoms with E-state index in [0.29, 0.717) is 11.3 Å². The molecule has 0 saturated carbocycles. The lowest BCUT2D eigenvalue weighted by atomic mass is 9.81. The molecule has 0 spiro atoms. The van der Waals surface area contributed by atoms with Gasteiger partial charge in [-0.25, -0.2) is 19.9 Å². The summed E-state index contributed by atoms with van der Waals surface area (Å²) < 4.78 is 0. The van der Waals surface area contributed by atoms with E-state index in [1.54, 1.807) is 18.2 Å². The third kappa shape index (κ3) is 50.5. The van der Waals surface area contributed by atoms with Crippen molar-refractivity contribution >= 4 is 0 Å². The van der Waals surface area contributed by atoms with Gasteiger partial charge in [0.1, 0.15) is 12.7 Å². The average molecular weight is 1420 g/mol. The highest BCUT2D eigenvalue weighted by atomic mass is 14.8. The number of benzene rings is 1. The molecule has 588 valence electrons. The van der Waals surface area contributed by atoms with Crippen molar-refractivity contribution < 1.29 is 0 Å². The quantitative estimate of drug-likeness (QED) is 0.148. The van der Waals surface area contributed by atoms with Crippen LogP contribution in [0.1, 0.15) is 362 Å². The number of hydrogen-bond acceptors (Lipinski definition) is 8. The molecule has 8 heteroatoms. The lowest BCUT2D eigenvalue weighted by Gasteiger charge is -2.24. The third-order valence-electron chi connectivity index (χ3n) is 14.5. The number of nitrogens with zero attached hydrogens (tertiary/aromatic N) is 8. The molecule has 1 aliphatic carbocycles. The van der Waals surface area contributed by atoms with Gasteiger partial charge in [-0.15, -0.1) is 0 Å². The topological polar surface area (TPSA) is 103 Å². The van der Waals surface area contributed by atoms with E-state index in [1.165, 1.54) is 61.3 Å². The van der Waals surface area contributed by atoms with Crippen LogP contribution in [0.2, 0.25) is 0 Å². The molecule has 0 radical (unpaired) electrons. The van der Waals surface area contributed by atoms with E-state index in [2.05, 4.69) is 314 Å². The van der Waals surface area contributed by atoms with E-state index in [1.807, 2.05) is 186 Å². The molecule has 7 aromatic rings. The summed E-state index contributed by atoms with van der Waals surface area (Å²) in [5, 5.41) is 0. The molecule has 0 amide bonds. The van der Waals surface area contributed by atoms with Crippen molar-refractivity contribution in [2.45, 2.75) is 370 Å². The molecule has 8 nitrogen and oxygen atoms in total. The van der Waals surface area contributed by atoms with Gasteiger partial charge in [-0.1, -0.05) is 344 Å². The van der Waals surface area contributed by atoms with Crippen molar-refractivity contribution in [1.82, 2.24) is 39.9 Å². The maximum absolute atomic E-state index is 4.35. The van der Waals surface area contributed by atoms with Gasteiger partial charge in [0.05, 0.1) is 5.69 Å². The first-order chi connectivity index (χ1) is 47.6. The molecule has 0 fully saturated rings. The van der Waals surface area contributed by atoms with Gasteiger partial charge in [0.15, 0.2) is 0 Å². The van der Waals surface area contributed by atoms with Crippen molar-refractivity contribution in [2.75, 3.05) is 0 Å². The van der Waals surface area contributed by atoms with Crippen LogP contribution in [-0.2, 0) is 37.9 Å². The highest BCUT2D eigenvalue weighted by Gasteiger charge is 2.23. The minimum atomic E-state index is 0.132. The summed E-state index contributed by atoms with van der Waals surface area (Å²) in [5.74, 6) is 0.653. The van der Waals surface area contributed by atoms with Crippen LogP contribution in [0.15, 0.2) is 147 Å². The highest BCUT2D eigenvalue weighted by Crippen LogP contribution is 2.35. The van der Waals surface area contributed by atoms with E-state index in [0.717, 1.165) is 17.1 Å². The zero-order valence-electron chi connectivity index (χ0n) is 76.9. The molecule has 6 aromatic heterocycles. The number of rotatable bonds is 0. The summed E-state index contributed by atoms with van der Waals surface area (Å²) in [6.07, 6.45) is 24.8. The number of pyridine rings is 4. The Labute approximate surface area is 642 Å². The third-order valence-corrected chi connectivity index (χ3v) is 14.5. The van der Waals surface area contributed by atoms with E-state index < -0.39 is 0 Å². The van der Waals surface area contributed by atoms with Gasteiger partial charge in [0.25, 0.3) is 0 Å². The number of aryl methyl sites for hydroxylation is 7. The summed E-state index contributed by atoms with van der Waals surface area (Å²) >= 11 is 0. The van der Waals surface area contributed by atoms with Gasteiger partial charge in [-0.05, 0) is 167 Å². The van der Waals surface area contributed by atoms with Crippen LogP contribution in [0.3, 0.4) is 0 Å². The minimum absolute atomic E-state index is 0.132. The zero-order valence-corrected chi connectivity index (χ0v) is 76.9. The van der Waals surface area contributed by atoms with Crippen molar-refractivity contribution in [1.29, 1.82) is 0 Å². The first-order valence-corrected chi connectivity index (χ1v) is 39.3. The standard InChI is InChI=1S/C11H16.4C10H15N.C10H16.2C9H14N2.8C2H6/c1-9-7-5-6-8-10(9)11(2,3)4;1-8-7-11-6-5-9(8)10(2,3)4;1-8-5-6-11-7-9(8)10(2,3)4;1-8-9(10(2,3)4)6-5-7-11-8;1-8-6-5-7-11-9(8)10(2,3)4;1-8-6-5-7-9(8)10(2,3)4;1-7-8(9(2,3)4)5-10-6-11-7;1-7-5-10-6-11-8(7)9(2,3)4;8*1-2/h5-8H,1-4H3;4*5-7H,1-4H3;5-8H,1-4H3;2*5-6H,1-4H3;8*1-2H3. The van der Waals surface area contributed by atoms with Gasteiger partial charge in [0, 0.05) is 77.5 Å². The molecule has 6 heterocycles. The Kier molecular flexibility index (Phi) is 64.0. The Bertz CT molecular complexity index is 2650. The fraction of sp³-hybridized carbons (Fsp3) is 0.600. The lowest BCUT2D eigenvalue weighted by Crippen LogP contribution is -2.15. The molecular weight excluding hydrogens is 1250 g/mol. The molecule has 0 N–H and O–H groups in total. The monoisotopic (exact) mass is 1420 g/mol. The summed E-state index contributed by atoms with van der Waals surface area (Å²) in [7, 11) is 0. The molecule has 1 aliphatic rings. The zero-order chi connectivity index (χ0) is 83.2. The molecule has 8 rings (SSSR count). The molecule has 0 aliphatic heterocycles. The largest absolute Gasteiger partial charge is 0.264 e. The Morgan fingerprint density at radius 3 is 0.893 bits per heavy atom. The van der Waals surface area contributed by atoms with Crippen LogP contribution in [0.25, 0.3) is 0 Å². The molecule has 1 aromatic carbocycles. The number of hydrogen-bond donors (Lipinski definition) is 0. The van der Waals surface area contributed by atoms with E-state index in [4.69, 9.17) is 0 Å². The Morgan fingerprint density at radius 1 is 0.262 bits per heavy atom. The first kappa shape index (κ1) is 112. The smallest absolute Gasteiger partial charge is 0.115 e. The van der Waals surface area contributed by atoms with Crippen LogP contribution < -0.4 is 0 Å². The minimum Gasteiger partial charge on any atom is -0.264 e. The molecule has 103 heavy (non-hydrogen) atoms. The molecule has 0 saturated heterocycles. The SMILES string of the molecule is CC.CC.CC.CC.CC.CC.CC.CC.CC1C=CC=C1C(C)(C)C.Cc1ccccc1C(C)(C)C.Cc1cccnc1C(C)(C)C.Cc1ccncc1C(C)(C)C.Cc1cnccc1C(C)(C)C.Cc1cncnc1C(C)(C)C.Cc1ncccc1C(C)(C)C.Cc1ncncc1C(C)(C)C. The van der Waals surface area contributed by atoms with Crippen LogP contribution in [-0.4, -0.2) is 39.9 Å². The van der Waals surface area contributed by atoms with Gasteiger partial charge in [-0.2, -0.15) is 0 Å². The summed E-state index contributed by atoms with van der Waals surface area (Å²) in [6, 6.07) is 20.9. The van der Waals surface area contributed by atoms with Crippen molar-refractivity contribution in [3.05, 3.63) is 225 Å². The van der Waals surface area contributed by atoms with Gasteiger partial charge in [0.2, 0.25) is 0 Å². The summed E-state index contributed by atoms with van der Waals surface area (Å²) in [6.45, 7) is 102. The summed E-state index contributed by atoms with van der Waals surface area (Å²) in [5.41, 5.74) is 21.0. The second-order valence-electron chi connectivity index (χ2n) is 31.4. The van der Waals surface area contributed by atoms with Crippen molar-refractivity contribution in [2.24, 2.45) is 11.3 Å². The average Bonchev–Trinajstić information content (AvgIpc) is 1.78. The molecule has 1 unspecified atom stereocenters. The molecule has 1 atom stereocenters. The van der Waals surface area contributed by atoms with E-state index >= 15 is 0 Å². The van der Waals surface area contributed by atoms with Crippen LogP contribution in [0.5, 0.6) is 0 Å².